The molecule has 6 heteroatoms. The fourth-order valence-corrected chi connectivity index (χ4v) is 6.05. The molecule has 1 saturated heterocycles. The number of nitrogens with zero attached hydrogens (tertiary/aromatic N) is 1. The fourth-order valence-electron chi connectivity index (χ4n) is 6.05. The van der Waals surface area contributed by atoms with Gasteiger partial charge in [-0.15, -0.1) is 0 Å². The third-order valence-corrected chi connectivity index (χ3v) is 7.49. The second-order valence-corrected chi connectivity index (χ2v) is 9.10. The molecular weight excluding hydrogens is 382 g/mol. The molecule has 168 valence electrons. The van der Waals surface area contributed by atoms with E-state index < -0.39 is 0 Å². The van der Waals surface area contributed by atoms with Gasteiger partial charge >= 0.3 is 0 Å². The van der Waals surface area contributed by atoms with Crippen LogP contribution in [0.25, 0.3) is 0 Å². The van der Waals surface area contributed by atoms with Gasteiger partial charge in [0.1, 0.15) is 5.75 Å². The van der Waals surface area contributed by atoms with E-state index in [-0.39, 0.29) is 11.5 Å². The summed E-state index contributed by atoms with van der Waals surface area (Å²) in [4.78, 5) is 2.56. The number of rotatable bonds is 10. The number of fused-ring (bicyclic) bond motifs is 1. The Kier molecular flexibility index (Phi) is 7.32. The van der Waals surface area contributed by atoms with Crippen molar-refractivity contribution in [3.05, 3.63) is 29.3 Å². The van der Waals surface area contributed by atoms with Crippen LogP contribution in [0, 0.1) is 5.92 Å². The Morgan fingerprint density at radius 3 is 2.63 bits per heavy atom. The first-order valence-electron chi connectivity index (χ1n) is 11.4. The van der Waals surface area contributed by atoms with Crippen molar-refractivity contribution in [2.24, 2.45) is 5.92 Å². The maximum atomic E-state index is 10.2. The highest BCUT2D eigenvalue weighted by Gasteiger charge is 2.55. The first-order valence-corrected chi connectivity index (χ1v) is 11.4. The summed E-state index contributed by atoms with van der Waals surface area (Å²) in [5.41, 5.74) is 2.94. The van der Waals surface area contributed by atoms with Crippen molar-refractivity contribution in [3.8, 4) is 5.75 Å². The number of methoxy groups -OCH3 is 1. The summed E-state index contributed by atoms with van der Waals surface area (Å²) in [5.74, 6) is 1.05. The number of phenols is 1. The molecule has 3 aliphatic rings. The predicted molar refractivity (Wildman–Crippen MR) is 115 cm³/mol. The van der Waals surface area contributed by atoms with E-state index in [1.165, 1.54) is 17.5 Å². The zero-order valence-electron chi connectivity index (χ0n) is 18.5. The lowest BCUT2D eigenvalue weighted by atomic mass is 9.52. The van der Waals surface area contributed by atoms with Crippen molar-refractivity contribution in [1.29, 1.82) is 0 Å². The van der Waals surface area contributed by atoms with E-state index >= 15 is 0 Å². The second kappa shape index (κ2) is 9.96. The van der Waals surface area contributed by atoms with Crippen LogP contribution in [0.3, 0.4) is 0 Å². The van der Waals surface area contributed by atoms with Crippen molar-refractivity contribution in [2.45, 2.75) is 49.7 Å². The van der Waals surface area contributed by atoms with E-state index in [2.05, 4.69) is 18.0 Å². The van der Waals surface area contributed by atoms with Crippen LogP contribution in [-0.2, 0) is 30.8 Å². The topological polar surface area (TPSA) is 60.4 Å². The molecular formula is C24H37NO5. The summed E-state index contributed by atoms with van der Waals surface area (Å²) < 4.78 is 22.3. The molecule has 2 aliphatic carbocycles. The number of phenolic OH excluding ortho intramolecular Hbond substituents is 1. The molecule has 4 atom stereocenters. The fraction of sp³-hybridized carbons (Fsp3) is 0.750. The van der Waals surface area contributed by atoms with Gasteiger partial charge in [0.15, 0.2) is 0 Å². The highest BCUT2D eigenvalue weighted by atomic mass is 16.6. The number of hydrogen-bond acceptors (Lipinski definition) is 6. The minimum absolute atomic E-state index is 0.141. The molecule has 4 rings (SSSR count). The number of hydrogen-bond donors (Lipinski definition) is 1. The number of ether oxygens (including phenoxy) is 4. The molecule has 30 heavy (non-hydrogen) atoms. The highest BCUT2D eigenvalue weighted by molar-refractivity contribution is 5.45. The summed E-state index contributed by atoms with van der Waals surface area (Å²) >= 11 is 0. The Morgan fingerprint density at radius 1 is 1.07 bits per heavy atom. The number of likely N-dealkylation sites (tertiary alicyclic amines) is 1. The maximum Gasteiger partial charge on any atom is 0.115 e. The van der Waals surface area contributed by atoms with Crippen LogP contribution in [0.1, 0.15) is 36.8 Å². The average molecular weight is 420 g/mol. The zero-order valence-corrected chi connectivity index (χ0v) is 18.5. The Hall–Kier alpha value is -1.18. The number of likely N-dealkylation sites (N-methyl/N-ethyl adjacent to an activating group) is 1. The molecule has 1 aromatic rings. The molecule has 1 aliphatic heterocycles. The summed E-state index contributed by atoms with van der Waals surface area (Å²) in [6.45, 7) is 4.75. The molecule has 0 unspecified atom stereocenters. The number of piperidine rings is 1. The molecule has 0 amide bonds. The zero-order chi connectivity index (χ0) is 21.0. The van der Waals surface area contributed by atoms with Gasteiger partial charge in [0.2, 0.25) is 0 Å². The van der Waals surface area contributed by atoms with Gasteiger partial charge in [-0.1, -0.05) is 6.07 Å². The summed E-state index contributed by atoms with van der Waals surface area (Å²) in [5, 5.41) is 10.2. The SMILES string of the molecule is COCCOCCOCCO[C@H]1CC[C@H]2[C@H]3Cc4ccc(O)cc4[C@@]2(CCN3C)C1. The molecule has 1 saturated carbocycles. The Balaban J connectivity index is 1.32. The lowest BCUT2D eigenvalue weighted by Gasteiger charge is -2.59. The predicted octanol–water partition coefficient (Wildman–Crippen LogP) is 2.76. The largest absolute Gasteiger partial charge is 0.508 e. The van der Waals surface area contributed by atoms with Gasteiger partial charge in [0.05, 0.1) is 45.7 Å². The molecule has 1 N–H and O–H groups in total. The molecule has 2 bridgehead atoms. The summed E-state index contributed by atoms with van der Waals surface area (Å²) in [6.07, 6.45) is 5.88. The van der Waals surface area contributed by atoms with Gasteiger partial charge in [-0.2, -0.15) is 0 Å². The van der Waals surface area contributed by atoms with E-state index in [0.29, 0.717) is 57.4 Å². The van der Waals surface area contributed by atoms with E-state index in [1.54, 1.807) is 7.11 Å². The van der Waals surface area contributed by atoms with Gasteiger partial charge < -0.3 is 29.0 Å². The smallest absolute Gasteiger partial charge is 0.115 e. The van der Waals surface area contributed by atoms with E-state index in [9.17, 15) is 5.11 Å². The molecule has 0 spiro atoms. The highest BCUT2D eigenvalue weighted by Crippen LogP contribution is 2.56. The molecule has 0 radical (unpaired) electrons. The maximum absolute atomic E-state index is 10.2. The quantitative estimate of drug-likeness (QED) is 0.589. The summed E-state index contributed by atoms with van der Waals surface area (Å²) in [6, 6.07) is 6.64. The minimum atomic E-state index is 0.141. The van der Waals surface area contributed by atoms with Crippen LogP contribution >= 0.6 is 0 Å². The first-order chi connectivity index (χ1) is 14.6. The monoisotopic (exact) mass is 419 g/mol. The van der Waals surface area contributed by atoms with Gasteiger partial charge in [-0.3, -0.25) is 0 Å². The van der Waals surface area contributed by atoms with Crippen LogP contribution in [0.4, 0.5) is 0 Å². The Morgan fingerprint density at radius 2 is 1.83 bits per heavy atom. The average Bonchev–Trinajstić information content (AvgIpc) is 2.75. The third kappa shape index (κ3) is 4.53. The van der Waals surface area contributed by atoms with Crippen LogP contribution in [0.2, 0.25) is 0 Å². The van der Waals surface area contributed by atoms with Gasteiger partial charge in [-0.05, 0) is 74.9 Å². The lowest BCUT2D eigenvalue weighted by Crippen LogP contribution is -2.61. The lowest BCUT2D eigenvalue weighted by molar-refractivity contribution is -0.0771. The molecule has 2 fully saturated rings. The second-order valence-electron chi connectivity index (χ2n) is 9.10. The Labute approximate surface area is 180 Å². The molecule has 6 nitrogen and oxygen atoms in total. The van der Waals surface area contributed by atoms with Crippen molar-refractivity contribution in [2.75, 3.05) is 60.3 Å². The number of aromatic hydroxyl groups is 1. The molecule has 1 aromatic carbocycles. The normalized spacial score (nSPS) is 30.7. The van der Waals surface area contributed by atoms with Gasteiger partial charge in [-0.25, -0.2) is 0 Å². The van der Waals surface area contributed by atoms with Crippen LogP contribution in [0.15, 0.2) is 18.2 Å². The van der Waals surface area contributed by atoms with E-state index in [4.69, 9.17) is 18.9 Å². The summed E-state index contributed by atoms with van der Waals surface area (Å²) in [7, 11) is 3.95. The van der Waals surface area contributed by atoms with Crippen molar-refractivity contribution < 1.29 is 24.1 Å². The van der Waals surface area contributed by atoms with Crippen molar-refractivity contribution in [3.63, 3.8) is 0 Å². The van der Waals surface area contributed by atoms with Crippen LogP contribution in [-0.4, -0.2) is 82.5 Å². The first kappa shape index (κ1) is 22.0. The third-order valence-electron chi connectivity index (χ3n) is 7.49. The van der Waals surface area contributed by atoms with Crippen molar-refractivity contribution >= 4 is 0 Å². The van der Waals surface area contributed by atoms with Crippen molar-refractivity contribution in [1.82, 2.24) is 4.90 Å². The number of benzene rings is 1. The Bertz CT molecular complexity index is 698. The molecule has 1 heterocycles. The minimum Gasteiger partial charge on any atom is -0.508 e. The standard InChI is InChI=1S/C24H37NO5/c1-25-8-7-24-17-20(30-14-13-29-12-11-28-10-9-27-2)5-6-21(24)23(25)15-18-3-4-19(26)16-22(18)24/h3-4,16,20-21,23,26H,5-15,17H2,1-2H3/t20-,21-,23+,24-/m0/s1. The van der Waals surface area contributed by atoms with Crippen LogP contribution in [0.5, 0.6) is 5.75 Å². The van der Waals surface area contributed by atoms with Gasteiger partial charge in [0.25, 0.3) is 0 Å². The van der Waals surface area contributed by atoms with Crippen LogP contribution < -0.4 is 0 Å². The molecule has 0 aromatic heterocycles. The van der Waals surface area contributed by atoms with E-state index in [0.717, 1.165) is 32.2 Å². The van der Waals surface area contributed by atoms with E-state index in [1.807, 2.05) is 12.1 Å². The van der Waals surface area contributed by atoms with Gasteiger partial charge in [0, 0.05) is 18.6 Å².